The minimum absolute atomic E-state index is 0.383. The van der Waals surface area contributed by atoms with E-state index in [9.17, 15) is 0 Å². The van der Waals surface area contributed by atoms with E-state index in [0.717, 1.165) is 32.6 Å². The number of aromatic nitrogens is 2. The van der Waals surface area contributed by atoms with Gasteiger partial charge in [0.05, 0.1) is 11.4 Å². The Morgan fingerprint density at radius 1 is 1.47 bits per heavy atom. The highest BCUT2D eigenvalue weighted by molar-refractivity contribution is 5.11. The smallest absolute Gasteiger partial charge is 0.0625 e. The number of likely N-dealkylation sites (tertiary alicyclic amines) is 1. The first-order valence-corrected chi connectivity index (χ1v) is 5.76. The largest absolute Gasteiger partial charge is 0.325 e. The van der Waals surface area contributed by atoms with E-state index in [2.05, 4.69) is 34.6 Å². The molecule has 15 heavy (non-hydrogen) atoms. The molecule has 1 aromatic heterocycles. The standard InChI is InChI=1S/C11H20N4/c1-3-10-5-11(15(4-2)13-10)8-14-6-9(12)7-14/h5,9H,3-4,6-8,12H2,1-2H3. The monoisotopic (exact) mass is 208 g/mol. The average molecular weight is 208 g/mol. The van der Waals surface area contributed by atoms with E-state index in [1.54, 1.807) is 0 Å². The van der Waals surface area contributed by atoms with Crippen LogP contribution in [0.5, 0.6) is 0 Å². The van der Waals surface area contributed by atoms with Gasteiger partial charge in [0.25, 0.3) is 0 Å². The molecule has 2 heterocycles. The Hall–Kier alpha value is -0.870. The van der Waals surface area contributed by atoms with Crippen LogP contribution in [-0.2, 0) is 19.5 Å². The predicted octanol–water partition coefficient (Wildman–Crippen LogP) is 0.608. The Morgan fingerprint density at radius 3 is 2.73 bits per heavy atom. The highest BCUT2D eigenvalue weighted by Crippen LogP contribution is 2.13. The molecule has 1 aliphatic heterocycles. The molecule has 2 rings (SSSR count). The second kappa shape index (κ2) is 4.33. The third kappa shape index (κ3) is 2.21. The molecule has 0 aliphatic carbocycles. The van der Waals surface area contributed by atoms with E-state index in [1.807, 2.05) is 0 Å². The van der Waals surface area contributed by atoms with Crippen molar-refractivity contribution in [2.45, 2.75) is 39.4 Å². The summed E-state index contributed by atoms with van der Waals surface area (Å²) in [4.78, 5) is 2.37. The fraction of sp³-hybridized carbons (Fsp3) is 0.727. The third-order valence-electron chi connectivity index (χ3n) is 2.95. The zero-order valence-electron chi connectivity index (χ0n) is 9.61. The van der Waals surface area contributed by atoms with Gasteiger partial charge in [0.1, 0.15) is 0 Å². The molecule has 84 valence electrons. The van der Waals surface area contributed by atoms with Crippen LogP contribution in [0.2, 0.25) is 0 Å². The van der Waals surface area contributed by atoms with Crippen molar-refractivity contribution in [3.05, 3.63) is 17.5 Å². The van der Waals surface area contributed by atoms with E-state index in [1.165, 1.54) is 11.4 Å². The van der Waals surface area contributed by atoms with E-state index in [4.69, 9.17) is 5.73 Å². The van der Waals surface area contributed by atoms with E-state index in [0.29, 0.717) is 6.04 Å². The summed E-state index contributed by atoms with van der Waals surface area (Å²) in [5, 5.41) is 4.54. The van der Waals surface area contributed by atoms with Crippen LogP contribution in [0.1, 0.15) is 25.2 Å². The van der Waals surface area contributed by atoms with Crippen molar-refractivity contribution in [1.29, 1.82) is 0 Å². The van der Waals surface area contributed by atoms with E-state index < -0.39 is 0 Å². The highest BCUT2D eigenvalue weighted by atomic mass is 15.3. The lowest BCUT2D eigenvalue weighted by atomic mass is 10.1. The van der Waals surface area contributed by atoms with Gasteiger partial charge in [-0.15, -0.1) is 0 Å². The summed E-state index contributed by atoms with van der Waals surface area (Å²) in [5.74, 6) is 0. The van der Waals surface area contributed by atoms with Crippen molar-refractivity contribution < 1.29 is 0 Å². The Labute approximate surface area is 91.1 Å². The van der Waals surface area contributed by atoms with Gasteiger partial charge in [-0.1, -0.05) is 6.92 Å². The van der Waals surface area contributed by atoms with Crippen molar-refractivity contribution in [2.24, 2.45) is 5.73 Å². The quantitative estimate of drug-likeness (QED) is 0.788. The molecule has 4 heteroatoms. The Bertz CT molecular complexity index is 325. The lowest BCUT2D eigenvalue weighted by molar-refractivity contribution is 0.138. The van der Waals surface area contributed by atoms with Crippen LogP contribution in [0.3, 0.4) is 0 Å². The molecule has 1 aromatic rings. The minimum atomic E-state index is 0.383. The molecule has 0 spiro atoms. The van der Waals surface area contributed by atoms with Crippen molar-refractivity contribution in [1.82, 2.24) is 14.7 Å². The molecule has 0 radical (unpaired) electrons. The van der Waals surface area contributed by atoms with Gasteiger partial charge in [0.2, 0.25) is 0 Å². The van der Waals surface area contributed by atoms with Crippen molar-refractivity contribution in [3.63, 3.8) is 0 Å². The maximum absolute atomic E-state index is 5.76. The number of nitrogens with zero attached hydrogens (tertiary/aromatic N) is 3. The number of nitrogens with two attached hydrogens (primary N) is 1. The summed E-state index contributed by atoms with van der Waals surface area (Å²) >= 11 is 0. The Balaban J connectivity index is 2.02. The summed E-state index contributed by atoms with van der Waals surface area (Å²) in [7, 11) is 0. The first-order valence-electron chi connectivity index (χ1n) is 5.76. The van der Waals surface area contributed by atoms with Gasteiger partial charge in [0.15, 0.2) is 0 Å². The van der Waals surface area contributed by atoms with Gasteiger partial charge in [-0.05, 0) is 19.4 Å². The van der Waals surface area contributed by atoms with Crippen LogP contribution in [0.15, 0.2) is 6.07 Å². The van der Waals surface area contributed by atoms with Gasteiger partial charge in [-0.25, -0.2) is 0 Å². The maximum Gasteiger partial charge on any atom is 0.0625 e. The summed E-state index contributed by atoms with van der Waals surface area (Å²) in [6, 6.07) is 2.60. The Morgan fingerprint density at radius 2 is 2.20 bits per heavy atom. The first kappa shape index (κ1) is 10.6. The van der Waals surface area contributed by atoms with Crippen LogP contribution in [0.4, 0.5) is 0 Å². The fourth-order valence-corrected chi connectivity index (χ4v) is 2.06. The maximum atomic E-state index is 5.76. The van der Waals surface area contributed by atoms with Gasteiger partial charge < -0.3 is 5.73 Å². The molecule has 4 nitrogen and oxygen atoms in total. The van der Waals surface area contributed by atoms with E-state index in [-0.39, 0.29) is 0 Å². The van der Waals surface area contributed by atoms with Crippen molar-refractivity contribution in [2.75, 3.05) is 13.1 Å². The topological polar surface area (TPSA) is 47.1 Å². The molecule has 0 saturated carbocycles. The second-order valence-electron chi connectivity index (χ2n) is 4.25. The molecule has 0 unspecified atom stereocenters. The lowest BCUT2D eigenvalue weighted by Gasteiger charge is -2.36. The molecule has 0 amide bonds. The molecule has 1 saturated heterocycles. The second-order valence-corrected chi connectivity index (χ2v) is 4.25. The highest BCUT2D eigenvalue weighted by Gasteiger charge is 2.23. The number of hydrogen-bond acceptors (Lipinski definition) is 3. The summed E-state index contributed by atoms with van der Waals surface area (Å²) in [6.07, 6.45) is 1.01. The molecule has 1 aliphatic rings. The number of hydrogen-bond donors (Lipinski definition) is 1. The summed E-state index contributed by atoms with van der Waals surface area (Å²) in [6.45, 7) is 8.28. The molecular weight excluding hydrogens is 188 g/mol. The van der Waals surface area contributed by atoms with Crippen LogP contribution in [-0.4, -0.2) is 33.8 Å². The molecule has 1 fully saturated rings. The molecular formula is C11H20N4. The van der Waals surface area contributed by atoms with Crippen LogP contribution >= 0.6 is 0 Å². The summed E-state index contributed by atoms with van der Waals surface area (Å²) < 4.78 is 2.10. The van der Waals surface area contributed by atoms with Gasteiger partial charge in [-0.2, -0.15) is 5.10 Å². The molecule has 0 atom stereocenters. The normalized spacial score (nSPS) is 18.1. The lowest BCUT2D eigenvalue weighted by Crippen LogP contribution is -2.55. The zero-order valence-corrected chi connectivity index (χ0v) is 9.61. The van der Waals surface area contributed by atoms with Crippen molar-refractivity contribution in [3.8, 4) is 0 Å². The zero-order chi connectivity index (χ0) is 10.8. The van der Waals surface area contributed by atoms with Crippen molar-refractivity contribution >= 4 is 0 Å². The SMILES string of the molecule is CCc1cc(CN2CC(N)C2)n(CC)n1. The molecule has 0 bridgehead atoms. The number of rotatable bonds is 4. The van der Waals surface area contributed by atoms with E-state index >= 15 is 0 Å². The molecule has 0 aromatic carbocycles. The summed E-state index contributed by atoms with van der Waals surface area (Å²) in [5.41, 5.74) is 8.27. The van der Waals surface area contributed by atoms with Crippen LogP contribution in [0, 0.1) is 0 Å². The first-order chi connectivity index (χ1) is 7.22. The fourth-order valence-electron chi connectivity index (χ4n) is 2.06. The van der Waals surface area contributed by atoms with Gasteiger partial charge in [0, 0.05) is 32.2 Å². The van der Waals surface area contributed by atoms with Gasteiger partial charge >= 0.3 is 0 Å². The number of aryl methyl sites for hydroxylation is 2. The Kier molecular flexibility index (Phi) is 3.07. The predicted molar refractivity (Wildman–Crippen MR) is 60.5 cm³/mol. The van der Waals surface area contributed by atoms with Crippen LogP contribution < -0.4 is 5.73 Å². The van der Waals surface area contributed by atoms with Crippen LogP contribution in [0.25, 0.3) is 0 Å². The third-order valence-corrected chi connectivity index (χ3v) is 2.95. The molecule has 2 N–H and O–H groups in total. The minimum Gasteiger partial charge on any atom is -0.325 e. The van der Waals surface area contributed by atoms with Gasteiger partial charge in [-0.3, -0.25) is 9.58 Å². The average Bonchev–Trinajstić information content (AvgIpc) is 2.58.